The first-order valence-electron chi connectivity index (χ1n) is 7.33. The van der Waals surface area contributed by atoms with Crippen molar-refractivity contribution in [1.82, 2.24) is 10.6 Å². The van der Waals surface area contributed by atoms with Gasteiger partial charge in [-0.1, -0.05) is 38.0 Å². The summed E-state index contributed by atoms with van der Waals surface area (Å²) in [4.78, 5) is 4.35. The summed E-state index contributed by atoms with van der Waals surface area (Å²) in [6.07, 6.45) is 13.7. The minimum Gasteiger partial charge on any atom is -0.357 e. The third kappa shape index (κ3) is 5.21. The number of nitrogens with zero attached hydrogens (tertiary/aromatic N) is 1. The summed E-state index contributed by atoms with van der Waals surface area (Å²) in [5.41, 5.74) is 0. The number of aliphatic imine (C=N–C) groups is 1. The van der Waals surface area contributed by atoms with Gasteiger partial charge in [0.05, 0.1) is 0 Å². The molecule has 0 aromatic carbocycles. The highest BCUT2D eigenvalue weighted by molar-refractivity contribution is 14.0. The van der Waals surface area contributed by atoms with Crippen LogP contribution >= 0.6 is 24.0 Å². The predicted octanol–water partition coefficient (Wildman–Crippen LogP) is 2.76. The van der Waals surface area contributed by atoms with Crippen molar-refractivity contribution >= 4 is 29.9 Å². The van der Waals surface area contributed by atoms with Gasteiger partial charge >= 0.3 is 0 Å². The molecule has 0 aromatic rings. The van der Waals surface area contributed by atoms with E-state index < -0.39 is 0 Å². The summed E-state index contributed by atoms with van der Waals surface area (Å²) in [7, 11) is 0. The first-order valence-corrected chi connectivity index (χ1v) is 7.33. The van der Waals surface area contributed by atoms with Crippen LogP contribution in [0.2, 0.25) is 0 Å². The molecule has 2 aliphatic carbocycles. The molecule has 2 rings (SSSR count). The molecule has 0 heterocycles. The Morgan fingerprint density at radius 3 is 2.68 bits per heavy atom. The summed E-state index contributed by atoms with van der Waals surface area (Å²) in [6, 6.07) is 0.628. The van der Waals surface area contributed by atoms with E-state index in [0.717, 1.165) is 24.3 Å². The molecular formula is C15H26IN3. The van der Waals surface area contributed by atoms with Crippen LogP contribution in [-0.2, 0) is 0 Å². The Balaban J connectivity index is 0.00000180. The van der Waals surface area contributed by atoms with Gasteiger partial charge in [0.1, 0.15) is 6.54 Å². The highest BCUT2D eigenvalue weighted by Crippen LogP contribution is 2.44. The van der Waals surface area contributed by atoms with Gasteiger partial charge in [0.15, 0.2) is 5.96 Å². The van der Waals surface area contributed by atoms with Gasteiger partial charge in [-0.3, -0.25) is 0 Å². The van der Waals surface area contributed by atoms with Gasteiger partial charge in [0.25, 0.3) is 0 Å². The SMILES string of the molecule is C#CCN=C(NCC)NC1CC1C1CCCCC1.I. The molecule has 0 amide bonds. The molecule has 4 heteroatoms. The highest BCUT2D eigenvalue weighted by Gasteiger charge is 2.43. The first-order chi connectivity index (χ1) is 8.85. The van der Waals surface area contributed by atoms with Crippen molar-refractivity contribution in [2.45, 2.75) is 51.5 Å². The Bertz CT molecular complexity index is 329. The third-order valence-corrected chi connectivity index (χ3v) is 4.09. The minimum atomic E-state index is 0. The van der Waals surface area contributed by atoms with Crippen LogP contribution in [0.4, 0.5) is 0 Å². The molecule has 3 nitrogen and oxygen atoms in total. The van der Waals surface area contributed by atoms with Crippen LogP contribution in [0.3, 0.4) is 0 Å². The Hall–Kier alpha value is -0.440. The van der Waals surface area contributed by atoms with Crippen molar-refractivity contribution in [3.63, 3.8) is 0 Å². The van der Waals surface area contributed by atoms with Crippen LogP contribution in [0.1, 0.15) is 45.4 Å². The summed E-state index contributed by atoms with van der Waals surface area (Å²) >= 11 is 0. The highest BCUT2D eigenvalue weighted by atomic mass is 127. The summed E-state index contributed by atoms with van der Waals surface area (Å²) in [5.74, 6) is 5.27. The fourth-order valence-electron chi connectivity index (χ4n) is 3.08. The number of hydrogen-bond donors (Lipinski definition) is 2. The Morgan fingerprint density at radius 2 is 2.05 bits per heavy atom. The summed E-state index contributed by atoms with van der Waals surface area (Å²) in [6.45, 7) is 3.42. The normalized spacial score (nSPS) is 27.1. The predicted molar refractivity (Wildman–Crippen MR) is 91.8 cm³/mol. The second-order valence-electron chi connectivity index (χ2n) is 5.45. The van der Waals surface area contributed by atoms with E-state index in [1.54, 1.807) is 0 Å². The fraction of sp³-hybridized carbons (Fsp3) is 0.800. The maximum Gasteiger partial charge on any atom is 0.192 e. The van der Waals surface area contributed by atoms with E-state index in [0.29, 0.717) is 12.6 Å². The molecule has 19 heavy (non-hydrogen) atoms. The second kappa shape index (κ2) is 8.68. The van der Waals surface area contributed by atoms with Crippen LogP contribution in [0, 0.1) is 24.2 Å². The molecule has 0 bridgehead atoms. The van der Waals surface area contributed by atoms with Gasteiger partial charge in [-0.15, -0.1) is 30.4 Å². The van der Waals surface area contributed by atoms with Crippen molar-refractivity contribution in [3.8, 4) is 12.3 Å². The zero-order valence-electron chi connectivity index (χ0n) is 11.8. The fourth-order valence-corrected chi connectivity index (χ4v) is 3.08. The molecule has 2 N–H and O–H groups in total. The zero-order valence-corrected chi connectivity index (χ0v) is 14.2. The first kappa shape index (κ1) is 16.6. The maximum atomic E-state index is 5.25. The number of hydrogen-bond acceptors (Lipinski definition) is 1. The van der Waals surface area contributed by atoms with E-state index in [-0.39, 0.29) is 24.0 Å². The van der Waals surface area contributed by atoms with Crippen LogP contribution in [0.5, 0.6) is 0 Å². The molecule has 0 spiro atoms. The number of terminal acetylenes is 1. The molecule has 0 aliphatic heterocycles. The van der Waals surface area contributed by atoms with Gasteiger partial charge in [-0.2, -0.15) is 0 Å². The average molecular weight is 375 g/mol. The Morgan fingerprint density at radius 1 is 1.32 bits per heavy atom. The Labute approximate surface area is 134 Å². The smallest absolute Gasteiger partial charge is 0.192 e. The van der Waals surface area contributed by atoms with E-state index in [1.165, 1.54) is 38.5 Å². The standard InChI is InChI=1S/C15H25N3.HI/c1-3-10-17-15(16-4-2)18-14-11-13(14)12-8-6-5-7-9-12;/h1,12-14H,4-11H2,2H3,(H2,16,17,18);1H. The van der Waals surface area contributed by atoms with E-state index in [1.807, 2.05) is 0 Å². The van der Waals surface area contributed by atoms with Gasteiger partial charge in [0, 0.05) is 12.6 Å². The van der Waals surface area contributed by atoms with Gasteiger partial charge < -0.3 is 10.6 Å². The van der Waals surface area contributed by atoms with Crippen molar-refractivity contribution in [1.29, 1.82) is 0 Å². The molecule has 108 valence electrons. The van der Waals surface area contributed by atoms with Crippen molar-refractivity contribution in [2.75, 3.05) is 13.1 Å². The van der Waals surface area contributed by atoms with Crippen LogP contribution in [0.15, 0.2) is 4.99 Å². The lowest BCUT2D eigenvalue weighted by Crippen LogP contribution is -2.39. The van der Waals surface area contributed by atoms with Crippen molar-refractivity contribution in [2.24, 2.45) is 16.8 Å². The second-order valence-corrected chi connectivity index (χ2v) is 5.45. The average Bonchev–Trinajstić information content (AvgIpc) is 3.16. The maximum absolute atomic E-state index is 5.25. The van der Waals surface area contributed by atoms with E-state index >= 15 is 0 Å². The van der Waals surface area contributed by atoms with Gasteiger partial charge in [-0.25, -0.2) is 4.99 Å². The molecule has 2 saturated carbocycles. The molecule has 0 saturated heterocycles. The zero-order chi connectivity index (χ0) is 12.8. The quantitative estimate of drug-likeness (QED) is 0.343. The van der Waals surface area contributed by atoms with Crippen LogP contribution in [0.25, 0.3) is 0 Å². The number of rotatable bonds is 4. The molecule has 2 unspecified atom stereocenters. The summed E-state index contributed by atoms with van der Waals surface area (Å²) < 4.78 is 0. The molecule has 0 aromatic heterocycles. The van der Waals surface area contributed by atoms with Crippen LogP contribution in [-0.4, -0.2) is 25.1 Å². The lowest BCUT2D eigenvalue weighted by atomic mass is 9.85. The van der Waals surface area contributed by atoms with Crippen molar-refractivity contribution in [3.05, 3.63) is 0 Å². The molecule has 2 atom stereocenters. The van der Waals surface area contributed by atoms with E-state index in [2.05, 4.69) is 28.5 Å². The topological polar surface area (TPSA) is 36.4 Å². The molecule has 2 aliphatic rings. The third-order valence-electron chi connectivity index (χ3n) is 4.09. The lowest BCUT2D eigenvalue weighted by molar-refractivity contribution is 0.315. The molecule has 0 radical (unpaired) electrons. The number of halogens is 1. The van der Waals surface area contributed by atoms with Crippen LogP contribution < -0.4 is 10.6 Å². The van der Waals surface area contributed by atoms with Gasteiger partial charge in [-0.05, 0) is 25.2 Å². The monoisotopic (exact) mass is 375 g/mol. The molecule has 2 fully saturated rings. The number of nitrogens with one attached hydrogen (secondary N) is 2. The van der Waals surface area contributed by atoms with E-state index in [4.69, 9.17) is 6.42 Å². The summed E-state index contributed by atoms with van der Waals surface area (Å²) in [5, 5.41) is 6.77. The largest absolute Gasteiger partial charge is 0.357 e. The lowest BCUT2D eigenvalue weighted by Gasteiger charge is -2.22. The minimum absolute atomic E-state index is 0. The Kier molecular flexibility index (Phi) is 7.59. The number of guanidine groups is 1. The molecular weight excluding hydrogens is 349 g/mol. The van der Waals surface area contributed by atoms with E-state index in [9.17, 15) is 0 Å². The van der Waals surface area contributed by atoms with Gasteiger partial charge in [0.2, 0.25) is 0 Å². The van der Waals surface area contributed by atoms with Crippen molar-refractivity contribution < 1.29 is 0 Å².